The zero-order chi connectivity index (χ0) is 22.2. The van der Waals surface area contributed by atoms with Crippen molar-refractivity contribution in [2.24, 2.45) is 5.92 Å². The maximum absolute atomic E-state index is 14.1. The van der Waals surface area contributed by atoms with Gasteiger partial charge in [0.15, 0.2) is 0 Å². The highest BCUT2D eigenvalue weighted by atomic mass is 35.5. The Hall–Kier alpha value is -2.11. The number of nitrogens with one attached hydrogen (secondary N) is 1. The molecule has 0 unspecified atom stereocenters. The molecule has 2 heterocycles. The van der Waals surface area contributed by atoms with E-state index in [1.54, 1.807) is 12.1 Å². The minimum atomic E-state index is -0.332. The number of carbonyl (C=O) groups excluding carboxylic acids is 1. The molecule has 0 bridgehead atoms. The number of amides is 1. The van der Waals surface area contributed by atoms with Crippen LogP contribution in [0.4, 0.5) is 4.39 Å². The Morgan fingerprint density at radius 2 is 2.00 bits per heavy atom. The monoisotopic (exact) mass is 444 g/mol. The predicted octanol–water partition coefficient (Wildman–Crippen LogP) is 5.42. The fraction of sp³-hybridized carbons (Fsp3) is 0.480. The quantitative estimate of drug-likeness (QED) is 0.684. The standard InChI is InChI=1S/C25H30ClFN2O2/c1-16-7-8-18-22(14-25(2,3)31-23(18)13-16)28-24(30)17-9-11-29(12-10-17)15-19-20(26)5-4-6-21(19)27/h4-8,13,17,22H,9-12,14-15H2,1-3H3,(H,28,30)/t22-/m0/s1. The van der Waals surface area contributed by atoms with Crippen molar-refractivity contribution in [1.82, 2.24) is 10.2 Å². The van der Waals surface area contributed by atoms with E-state index in [0.29, 0.717) is 17.1 Å². The van der Waals surface area contributed by atoms with E-state index < -0.39 is 0 Å². The molecule has 0 radical (unpaired) electrons. The van der Waals surface area contributed by atoms with Crippen molar-refractivity contribution in [3.8, 4) is 5.75 Å². The predicted molar refractivity (Wildman–Crippen MR) is 121 cm³/mol. The maximum atomic E-state index is 14.1. The fourth-order valence-corrected chi connectivity index (χ4v) is 4.86. The third-order valence-electron chi connectivity index (χ3n) is 6.34. The second kappa shape index (κ2) is 8.79. The minimum absolute atomic E-state index is 0.0350. The first-order valence-corrected chi connectivity index (χ1v) is 11.3. The van der Waals surface area contributed by atoms with Gasteiger partial charge in [0.2, 0.25) is 5.91 Å². The van der Waals surface area contributed by atoms with Gasteiger partial charge in [0.1, 0.15) is 17.2 Å². The lowest BCUT2D eigenvalue weighted by molar-refractivity contribution is -0.127. The smallest absolute Gasteiger partial charge is 0.223 e. The van der Waals surface area contributed by atoms with Crippen LogP contribution in [0.2, 0.25) is 5.02 Å². The van der Waals surface area contributed by atoms with Gasteiger partial charge < -0.3 is 10.1 Å². The van der Waals surface area contributed by atoms with Gasteiger partial charge in [-0.2, -0.15) is 0 Å². The van der Waals surface area contributed by atoms with Crippen molar-refractivity contribution in [1.29, 1.82) is 0 Å². The summed E-state index contributed by atoms with van der Waals surface area (Å²) in [6, 6.07) is 10.9. The third kappa shape index (κ3) is 5.04. The second-order valence-corrected chi connectivity index (χ2v) is 9.83. The number of benzene rings is 2. The summed E-state index contributed by atoms with van der Waals surface area (Å²) >= 11 is 6.17. The van der Waals surface area contributed by atoms with E-state index in [2.05, 4.69) is 36.2 Å². The van der Waals surface area contributed by atoms with Gasteiger partial charge in [-0.05, 0) is 70.5 Å². The molecule has 0 aliphatic carbocycles. The van der Waals surface area contributed by atoms with Crippen LogP contribution < -0.4 is 10.1 Å². The van der Waals surface area contributed by atoms with Crippen LogP contribution in [-0.2, 0) is 11.3 Å². The fourth-order valence-electron chi connectivity index (χ4n) is 4.64. The Kier molecular flexibility index (Phi) is 6.27. The highest BCUT2D eigenvalue weighted by Crippen LogP contribution is 2.40. The van der Waals surface area contributed by atoms with E-state index in [1.807, 2.05) is 13.0 Å². The van der Waals surface area contributed by atoms with Crippen LogP contribution >= 0.6 is 11.6 Å². The van der Waals surface area contributed by atoms with Crippen molar-refractivity contribution in [3.63, 3.8) is 0 Å². The Bertz CT molecular complexity index is 950. The molecular formula is C25H30ClFN2O2. The van der Waals surface area contributed by atoms with E-state index in [0.717, 1.165) is 49.2 Å². The van der Waals surface area contributed by atoms with Crippen LogP contribution in [0.25, 0.3) is 0 Å². The Morgan fingerprint density at radius 3 is 2.71 bits per heavy atom. The average molecular weight is 445 g/mol. The van der Waals surface area contributed by atoms with Crippen LogP contribution in [0, 0.1) is 18.7 Å². The molecule has 0 aromatic heterocycles. The highest BCUT2D eigenvalue weighted by molar-refractivity contribution is 6.31. The molecule has 1 N–H and O–H groups in total. The lowest BCUT2D eigenvalue weighted by Crippen LogP contribution is -2.45. The Morgan fingerprint density at radius 1 is 1.26 bits per heavy atom. The molecule has 4 nitrogen and oxygen atoms in total. The Labute approximate surface area is 188 Å². The largest absolute Gasteiger partial charge is 0.487 e. The van der Waals surface area contributed by atoms with E-state index in [-0.39, 0.29) is 29.3 Å². The second-order valence-electron chi connectivity index (χ2n) is 9.42. The summed E-state index contributed by atoms with van der Waals surface area (Å²) in [6.07, 6.45) is 2.25. The topological polar surface area (TPSA) is 41.6 Å². The summed E-state index contributed by atoms with van der Waals surface area (Å²) in [6.45, 7) is 8.13. The van der Waals surface area contributed by atoms with Gasteiger partial charge in [0, 0.05) is 35.0 Å². The first-order valence-electron chi connectivity index (χ1n) is 11.0. The molecule has 1 amide bonds. The number of piperidine rings is 1. The zero-order valence-electron chi connectivity index (χ0n) is 18.4. The van der Waals surface area contributed by atoms with E-state index in [4.69, 9.17) is 16.3 Å². The molecule has 166 valence electrons. The molecule has 2 aliphatic heterocycles. The van der Waals surface area contributed by atoms with Crippen molar-refractivity contribution in [2.45, 2.75) is 58.2 Å². The third-order valence-corrected chi connectivity index (χ3v) is 6.70. The number of hydrogen-bond acceptors (Lipinski definition) is 3. The molecule has 2 aromatic rings. The Balaban J connectivity index is 1.37. The van der Waals surface area contributed by atoms with Crippen LogP contribution in [0.15, 0.2) is 36.4 Å². The number of aryl methyl sites for hydroxylation is 1. The normalized spacial score (nSPS) is 21.3. The molecule has 6 heteroatoms. The average Bonchev–Trinajstić information content (AvgIpc) is 2.70. The van der Waals surface area contributed by atoms with Gasteiger partial charge in [0.25, 0.3) is 0 Å². The molecule has 4 rings (SSSR count). The van der Waals surface area contributed by atoms with Gasteiger partial charge in [-0.3, -0.25) is 9.69 Å². The van der Waals surface area contributed by atoms with Gasteiger partial charge in [-0.15, -0.1) is 0 Å². The van der Waals surface area contributed by atoms with Crippen LogP contribution in [-0.4, -0.2) is 29.5 Å². The molecule has 31 heavy (non-hydrogen) atoms. The summed E-state index contributed by atoms with van der Waals surface area (Å²) in [5.74, 6) is 0.645. The summed E-state index contributed by atoms with van der Waals surface area (Å²) in [5.41, 5.74) is 2.39. The molecule has 2 aliphatic rings. The van der Waals surface area contributed by atoms with Crippen molar-refractivity contribution < 1.29 is 13.9 Å². The van der Waals surface area contributed by atoms with E-state index in [1.165, 1.54) is 6.07 Å². The van der Waals surface area contributed by atoms with E-state index in [9.17, 15) is 9.18 Å². The number of rotatable bonds is 4. The lowest BCUT2D eigenvalue weighted by atomic mass is 9.88. The molecule has 2 aromatic carbocycles. The SMILES string of the molecule is Cc1ccc2c(c1)OC(C)(C)C[C@@H]2NC(=O)C1CCN(Cc2c(F)cccc2Cl)CC1. The number of ether oxygens (including phenoxy) is 1. The number of halogens is 2. The molecular weight excluding hydrogens is 415 g/mol. The minimum Gasteiger partial charge on any atom is -0.487 e. The number of nitrogens with zero attached hydrogens (tertiary/aromatic N) is 1. The van der Waals surface area contributed by atoms with Gasteiger partial charge >= 0.3 is 0 Å². The van der Waals surface area contributed by atoms with Crippen LogP contribution in [0.3, 0.4) is 0 Å². The number of likely N-dealkylation sites (tertiary alicyclic amines) is 1. The molecule has 1 fully saturated rings. The first-order chi connectivity index (χ1) is 14.7. The first kappa shape index (κ1) is 22.1. The maximum Gasteiger partial charge on any atom is 0.223 e. The lowest BCUT2D eigenvalue weighted by Gasteiger charge is -2.39. The van der Waals surface area contributed by atoms with Gasteiger partial charge in [-0.1, -0.05) is 29.8 Å². The summed E-state index contributed by atoms with van der Waals surface area (Å²) in [5, 5.41) is 3.74. The van der Waals surface area contributed by atoms with Gasteiger partial charge in [0.05, 0.1) is 6.04 Å². The van der Waals surface area contributed by atoms with Crippen LogP contribution in [0.5, 0.6) is 5.75 Å². The van der Waals surface area contributed by atoms with Crippen molar-refractivity contribution >= 4 is 17.5 Å². The van der Waals surface area contributed by atoms with E-state index >= 15 is 0 Å². The number of carbonyl (C=O) groups is 1. The van der Waals surface area contributed by atoms with Crippen molar-refractivity contribution in [3.05, 3.63) is 63.9 Å². The number of hydrogen-bond donors (Lipinski definition) is 1. The molecule has 1 atom stereocenters. The molecule has 0 saturated carbocycles. The molecule has 0 spiro atoms. The molecule has 1 saturated heterocycles. The summed E-state index contributed by atoms with van der Waals surface area (Å²) < 4.78 is 20.2. The van der Waals surface area contributed by atoms with Gasteiger partial charge in [-0.25, -0.2) is 4.39 Å². The highest BCUT2D eigenvalue weighted by Gasteiger charge is 2.36. The number of fused-ring (bicyclic) bond motifs is 1. The zero-order valence-corrected chi connectivity index (χ0v) is 19.1. The summed E-state index contributed by atoms with van der Waals surface area (Å²) in [7, 11) is 0. The van der Waals surface area contributed by atoms with Crippen molar-refractivity contribution in [2.75, 3.05) is 13.1 Å². The summed E-state index contributed by atoms with van der Waals surface area (Å²) in [4.78, 5) is 15.2. The van der Waals surface area contributed by atoms with Crippen LogP contribution in [0.1, 0.15) is 55.8 Å².